The lowest BCUT2D eigenvalue weighted by molar-refractivity contribution is -0.137. The average molecular weight is 480 g/mol. The third kappa shape index (κ3) is 6.58. The molecule has 0 fully saturated rings. The first-order valence-electron chi connectivity index (χ1n) is 9.79. The predicted octanol–water partition coefficient (Wildman–Crippen LogP) is 6.55. The first kappa shape index (κ1) is 23.8. The number of rotatable bonds is 7. The number of ether oxygens (including phenoxy) is 1. The normalized spacial score (nSPS) is 11.2. The first-order valence-corrected chi connectivity index (χ1v) is 10.6. The quantitative estimate of drug-likeness (QED) is 0.389. The zero-order chi connectivity index (χ0) is 23.1. The van der Waals surface area contributed by atoms with Gasteiger partial charge in [-0.3, -0.25) is 4.98 Å². The molecule has 0 spiro atoms. The monoisotopic (exact) mass is 479 g/mol. The molecule has 1 N–H and O–H groups in total. The van der Waals surface area contributed by atoms with Crippen LogP contribution < -0.4 is 10.1 Å². The number of halogens is 4. The van der Waals surface area contributed by atoms with Gasteiger partial charge >= 0.3 is 6.18 Å². The molecule has 1 aromatic heterocycles. The van der Waals surface area contributed by atoms with Crippen LogP contribution >= 0.6 is 23.8 Å². The molecule has 0 aliphatic rings. The van der Waals surface area contributed by atoms with E-state index in [0.717, 1.165) is 29.0 Å². The molecule has 2 aromatic carbocycles. The van der Waals surface area contributed by atoms with Crippen LogP contribution in [0.2, 0.25) is 5.02 Å². The molecule has 0 aliphatic heterocycles. The van der Waals surface area contributed by atoms with Gasteiger partial charge in [0.05, 0.1) is 22.9 Å². The van der Waals surface area contributed by atoms with Crippen LogP contribution in [0, 0.1) is 0 Å². The van der Waals surface area contributed by atoms with Crippen molar-refractivity contribution in [2.45, 2.75) is 26.2 Å². The molecular weight excluding hydrogens is 459 g/mol. The third-order valence-electron chi connectivity index (χ3n) is 4.53. The molecule has 0 saturated carbocycles. The standard InChI is InChI=1S/C23H21ClF3N3OS/c1-2-31-19-8-5-16(6-9-19)14-30(15-17-4-3-11-28-13-17)22(32)29-21-10-7-18(12-20(21)24)23(25,26)27/h3-13H,2,14-15H2,1H3,(H,29,32). The summed E-state index contributed by atoms with van der Waals surface area (Å²) < 4.78 is 44.3. The molecule has 4 nitrogen and oxygen atoms in total. The van der Waals surface area contributed by atoms with E-state index in [1.807, 2.05) is 48.2 Å². The molecule has 3 rings (SSSR count). The number of aromatic nitrogens is 1. The van der Waals surface area contributed by atoms with E-state index >= 15 is 0 Å². The Morgan fingerprint density at radius 1 is 1.09 bits per heavy atom. The number of pyridine rings is 1. The summed E-state index contributed by atoms with van der Waals surface area (Å²) in [6, 6.07) is 14.5. The maximum atomic E-state index is 12.9. The minimum absolute atomic E-state index is 0.0652. The zero-order valence-corrected chi connectivity index (χ0v) is 18.8. The summed E-state index contributed by atoms with van der Waals surface area (Å²) in [6.45, 7) is 3.41. The van der Waals surface area contributed by atoms with Gasteiger partial charge in [-0.05, 0) is 66.7 Å². The molecule has 0 aliphatic carbocycles. The van der Waals surface area contributed by atoms with E-state index in [9.17, 15) is 13.2 Å². The number of hydrogen-bond acceptors (Lipinski definition) is 3. The number of anilines is 1. The largest absolute Gasteiger partial charge is 0.494 e. The molecule has 0 saturated heterocycles. The van der Waals surface area contributed by atoms with Crippen LogP contribution in [0.4, 0.5) is 18.9 Å². The molecule has 1 heterocycles. The fourth-order valence-electron chi connectivity index (χ4n) is 2.98. The van der Waals surface area contributed by atoms with Crippen molar-refractivity contribution in [3.63, 3.8) is 0 Å². The summed E-state index contributed by atoms with van der Waals surface area (Å²) in [5, 5.41) is 3.23. The van der Waals surface area contributed by atoms with Crippen molar-refractivity contribution in [3.05, 3.63) is 88.7 Å². The lowest BCUT2D eigenvalue weighted by atomic mass is 10.2. The Morgan fingerprint density at radius 3 is 2.41 bits per heavy atom. The average Bonchev–Trinajstić information content (AvgIpc) is 2.76. The smallest absolute Gasteiger partial charge is 0.416 e. The SMILES string of the molecule is CCOc1ccc(CN(Cc2cccnc2)C(=S)Nc2ccc(C(F)(F)F)cc2Cl)cc1. The molecule has 9 heteroatoms. The van der Waals surface area contributed by atoms with Crippen molar-refractivity contribution >= 4 is 34.6 Å². The molecule has 0 bridgehead atoms. The molecule has 0 amide bonds. The van der Waals surface area contributed by atoms with E-state index in [1.54, 1.807) is 12.4 Å². The van der Waals surface area contributed by atoms with Crippen molar-refractivity contribution in [1.82, 2.24) is 9.88 Å². The first-order chi connectivity index (χ1) is 15.3. The van der Waals surface area contributed by atoms with Crippen LogP contribution in [-0.4, -0.2) is 21.6 Å². The minimum Gasteiger partial charge on any atom is -0.494 e. The Bertz CT molecular complexity index is 1050. The summed E-state index contributed by atoms with van der Waals surface area (Å²) >= 11 is 11.7. The summed E-state index contributed by atoms with van der Waals surface area (Å²) in [5.41, 5.74) is 1.40. The van der Waals surface area contributed by atoms with E-state index in [2.05, 4.69) is 10.3 Å². The Balaban J connectivity index is 1.80. The Kier molecular flexibility index (Phi) is 7.93. The third-order valence-corrected chi connectivity index (χ3v) is 5.20. The van der Waals surface area contributed by atoms with E-state index in [4.69, 9.17) is 28.6 Å². The van der Waals surface area contributed by atoms with Gasteiger partial charge in [0.15, 0.2) is 5.11 Å². The van der Waals surface area contributed by atoms with Crippen molar-refractivity contribution in [1.29, 1.82) is 0 Å². The van der Waals surface area contributed by atoms with Crippen LogP contribution in [0.15, 0.2) is 67.0 Å². The maximum absolute atomic E-state index is 12.9. The van der Waals surface area contributed by atoms with Gasteiger partial charge in [0.2, 0.25) is 0 Å². The molecule has 168 valence electrons. The fraction of sp³-hybridized carbons (Fsp3) is 0.217. The number of hydrogen-bond donors (Lipinski definition) is 1. The number of alkyl halides is 3. The van der Waals surface area contributed by atoms with Crippen LogP contribution in [0.3, 0.4) is 0 Å². The Labute approximate surface area is 195 Å². The highest BCUT2D eigenvalue weighted by atomic mass is 35.5. The summed E-state index contributed by atoms with van der Waals surface area (Å²) in [4.78, 5) is 6.02. The van der Waals surface area contributed by atoms with Crippen LogP contribution in [0.1, 0.15) is 23.6 Å². The predicted molar refractivity (Wildman–Crippen MR) is 124 cm³/mol. The van der Waals surface area contributed by atoms with E-state index < -0.39 is 11.7 Å². The van der Waals surface area contributed by atoms with Crippen molar-refractivity contribution in [3.8, 4) is 5.75 Å². The van der Waals surface area contributed by atoms with E-state index in [0.29, 0.717) is 30.5 Å². The minimum atomic E-state index is -4.47. The molecule has 0 radical (unpaired) electrons. The van der Waals surface area contributed by atoms with Crippen LogP contribution in [-0.2, 0) is 19.3 Å². The Hall–Kier alpha value is -2.84. The number of nitrogens with zero attached hydrogens (tertiary/aromatic N) is 2. The molecule has 32 heavy (non-hydrogen) atoms. The van der Waals surface area contributed by atoms with Crippen molar-refractivity contribution in [2.24, 2.45) is 0 Å². The van der Waals surface area contributed by atoms with Gasteiger partial charge < -0.3 is 15.0 Å². The second-order valence-electron chi connectivity index (χ2n) is 6.92. The van der Waals surface area contributed by atoms with Gasteiger partial charge in [0.1, 0.15) is 5.75 Å². The topological polar surface area (TPSA) is 37.4 Å². The second-order valence-corrected chi connectivity index (χ2v) is 7.71. The molecule has 3 aromatic rings. The van der Waals surface area contributed by atoms with Gasteiger partial charge in [0.25, 0.3) is 0 Å². The summed E-state index contributed by atoms with van der Waals surface area (Å²) in [5.74, 6) is 0.771. The lowest BCUT2D eigenvalue weighted by Crippen LogP contribution is -2.34. The highest BCUT2D eigenvalue weighted by Crippen LogP contribution is 2.34. The van der Waals surface area contributed by atoms with Gasteiger partial charge in [-0.25, -0.2) is 0 Å². The van der Waals surface area contributed by atoms with E-state index in [-0.39, 0.29) is 5.02 Å². The zero-order valence-electron chi connectivity index (χ0n) is 17.2. The fourth-order valence-corrected chi connectivity index (χ4v) is 3.44. The number of nitrogens with one attached hydrogen (secondary N) is 1. The maximum Gasteiger partial charge on any atom is 0.416 e. The van der Waals surface area contributed by atoms with E-state index in [1.165, 1.54) is 6.07 Å². The van der Waals surface area contributed by atoms with Crippen molar-refractivity contribution < 1.29 is 17.9 Å². The van der Waals surface area contributed by atoms with Gasteiger partial charge in [-0.1, -0.05) is 29.8 Å². The van der Waals surface area contributed by atoms with Crippen LogP contribution in [0.5, 0.6) is 5.75 Å². The summed E-state index contributed by atoms with van der Waals surface area (Å²) in [6.07, 6.45) is -1.06. The van der Waals surface area contributed by atoms with Crippen molar-refractivity contribution in [2.75, 3.05) is 11.9 Å². The number of benzene rings is 2. The van der Waals surface area contributed by atoms with Gasteiger partial charge in [0, 0.05) is 25.5 Å². The number of thiocarbonyl (C=S) groups is 1. The molecular formula is C23H21ClF3N3OS. The highest BCUT2D eigenvalue weighted by molar-refractivity contribution is 7.80. The lowest BCUT2D eigenvalue weighted by Gasteiger charge is -2.26. The second kappa shape index (κ2) is 10.7. The Morgan fingerprint density at radius 2 is 1.81 bits per heavy atom. The van der Waals surface area contributed by atoms with Gasteiger partial charge in [-0.2, -0.15) is 13.2 Å². The molecule has 0 atom stereocenters. The summed E-state index contributed by atoms with van der Waals surface area (Å²) in [7, 11) is 0. The highest BCUT2D eigenvalue weighted by Gasteiger charge is 2.31. The molecule has 0 unspecified atom stereocenters. The van der Waals surface area contributed by atoms with Gasteiger partial charge in [-0.15, -0.1) is 0 Å². The van der Waals surface area contributed by atoms with Crippen LogP contribution in [0.25, 0.3) is 0 Å².